The number of carbonyl (C=O) groups is 1. The fourth-order valence-corrected chi connectivity index (χ4v) is 2.48. The van der Waals surface area contributed by atoms with Crippen molar-refractivity contribution in [1.82, 2.24) is 14.1 Å². The first-order valence-corrected chi connectivity index (χ1v) is 6.45. The van der Waals surface area contributed by atoms with Crippen molar-refractivity contribution in [2.24, 2.45) is 7.05 Å². The number of aryl methyl sites for hydroxylation is 1. The Morgan fingerprint density at radius 2 is 2.24 bits per heavy atom. The molecule has 1 aromatic rings. The highest BCUT2D eigenvalue weighted by Gasteiger charge is 2.21. The minimum Gasteiger partial charge on any atom is -0.481 e. The second-order valence-corrected chi connectivity index (χ2v) is 5.72. The van der Waals surface area contributed by atoms with Gasteiger partial charge in [0.25, 0.3) is 0 Å². The lowest BCUT2D eigenvalue weighted by Gasteiger charge is -2.15. The highest BCUT2D eigenvalue weighted by Crippen LogP contribution is 2.13. The Balaban J connectivity index is 2.67. The molecule has 0 radical (unpaired) electrons. The molecule has 1 aromatic heterocycles. The summed E-state index contributed by atoms with van der Waals surface area (Å²) >= 11 is 0. The summed E-state index contributed by atoms with van der Waals surface area (Å²) in [6, 6.07) is 0. The molecule has 0 amide bonds. The van der Waals surface area contributed by atoms with Crippen LogP contribution < -0.4 is 0 Å². The summed E-state index contributed by atoms with van der Waals surface area (Å²) in [5.74, 6) is -0.933. The molecule has 0 unspecified atom stereocenters. The number of rotatable bonds is 6. The molecule has 8 heteroatoms. The van der Waals surface area contributed by atoms with Gasteiger partial charge in [-0.1, -0.05) is 0 Å². The van der Waals surface area contributed by atoms with E-state index in [1.54, 1.807) is 7.05 Å². The number of hydrogen-bond acceptors (Lipinski definition) is 4. The zero-order valence-corrected chi connectivity index (χ0v) is 10.5. The summed E-state index contributed by atoms with van der Waals surface area (Å²) in [6.45, 7) is 0.170. The van der Waals surface area contributed by atoms with Crippen molar-refractivity contribution < 1.29 is 18.3 Å². The monoisotopic (exact) mass is 261 g/mol. The van der Waals surface area contributed by atoms with Crippen LogP contribution in [0.2, 0.25) is 0 Å². The van der Waals surface area contributed by atoms with E-state index < -0.39 is 16.0 Å². The largest absolute Gasteiger partial charge is 0.481 e. The van der Waals surface area contributed by atoms with Crippen LogP contribution in [0.25, 0.3) is 0 Å². The molecule has 0 aliphatic carbocycles. The molecular weight excluding hydrogens is 246 g/mol. The van der Waals surface area contributed by atoms with Crippen molar-refractivity contribution >= 4 is 16.0 Å². The molecule has 0 aliphatic rings. The molecule has 0 atom stereocenters. The number of hydrogen-bond donors (Lipinski definition) is 1. The van der Waals surface area contributed by atoms with Gasteiger partial charge in [0.05, 0.1) is 6.20 Å². The third kappa shape index (κ3) is 3.53. The van der Waals surface area contributed by atoms with Crippen LogP contribution in [0.5, 0.6) is 0 Å². The molecule has 0 aromatic carbocycles. The predicted octanol–water partition coefficient (Wildman–Crippen LogP) is -0.0946. The molecule has 0 fully saturated rings. The van der Waals surface area contributed by atoms with Crippen molar-refractivity contribution in [3.63, 3.8) is 0 Å². The van der Waals surface area contributed by atoms with Crippen LogP contribution in [-0.4, -0.2) is 47.2 Å². The molecule has 1 heterocycles. The molecule has 0 bridgehead atoms. The number of aliphatic carboxylic acids is 1. The Kier molecular flexibility index (Phi) is 4.24. The smallest absolute Gasteiger partial charge is 0.303 e. The summed E-state index contributed by atoms with van der Waals surface area (Å²) in [6.07, 6.45) is 2.91. The first-order chi connectivity index (χ1) is 7.84. The Morgan fingerprint density at radius 1 is 1.59 bits per heavy atom. The van der Waals surface area contributed by atoms with Gasteiger partial charge in [-0.05, 0) is 6.42 Å². The topological polar surface area (TPSA) is 92.5 Å². The average Bonchev–Trinajstić information content (AvgIpc) is 2.64. The van der Waals surface area contributed by atoms with E-state index in [4.69, 9.17) is 5.11 Å². The number of carboxylic acid groups (broad SMARTS) is 1. The third-order valence-corrected chi connectivity index (χ3v) is 4.06. The van der Waals surface area contributed by atoms with E-state index in [9.17, 15) is 13.2 Å². The zero-order chi connectivity index (χ0) is 13.1. The van der Waals surface area contributed by atoms with E-state index in [2.05, 4.69) is 5.10 Å². The number of nitrogens with zero attached hydrogens (tertiary/aromatic N) is 3. The van der Waals surface area contributed by atoms with Crippen molar-refractivity contribution in [1.29, 1.82) is 0 Å². The van der Waals surface area contributed by atoms with Gasteiger partial charge in [-0.25, -0.2) is 12.7 Å². The predicted molar refractivity (Wildman–Crippen MR) is 59.9 cm³/mol. The molecule has 96 valence electrons. The average molecular weight is 261 g/mol. The van der Waals surface area contributed by atoms with Crippen LogP contribution in [0.3, 0.4) is 0 Å². The summed E-state index contributed by atoms with van der Waals surface area (Å²) < 4.78 is 26.4. The van der Waals surface area contributed by atoms with Crippen LogP contribution in [0.4, 0.5) is 0 Å². The van der Waals surface area contributed by atoms with E-state index in [1.807, 2.05) is 0 Å². The highest BCUT2D eigenvalue weighted by atomic mass is 32.2. The third-order valence-electron chi connectivity index (χ3n) is 2.25. The van der Waals surface area contributed by atoms with Crippen molar-refractivity contribution in [3.05, 3.63) is 12.4 Å². The SMILES string of the molecule is CN(CCCC(=O)O)S(=O)(=O)c1cnn(C)c1. The quantitative estimate of drug-likeness (QED) is 0.772. The summed E-state index contributed by atoms with van der Waals surface area (Å²) in [4.78, 5) is 10.4. The van der Waals surface area contributed by atoms with E-state index in [0.29, 0.717) is 0 Å². The van der Waals surface area contributed by atoms with E-state index in [1.165, 1.54) is 24.1 Å². The molecule has 0 saturated carbocycles. The number of carboxylic acids is 1. The second-order valence-electron chi connectivity index (χ2n) is 3.67. The van der Waals surface area contributed by atoms with Crippen LogP contribution >= 0.6 is 0 Å². The van der Waals surface area contributed by atoms with Crippen molar-refractivity contribution in [2.45, 2.75) is 17.7 Å². The van der Waals surface area contributed by atoms with Crippen molar-refractivity contribution in [2.75, 3.05) is 13.6 Å². The van der Waals surface area contributed by atoms with Gasteiger partial charge < -0.3 is 5.11 Å². The van der Waals surface area contributed by atoms with Gasteiger partial charge in [0.2, 0.25) is 10.0 Å². The van der Waals surface area contributed by atoms with Gasteiger partial charge >= 0.3 is 5.97 Å². The van der Waals surface area contributed by atoms with Crippen molar-refractivity contribution in [3.8, 4) is 0 Å². The lowest BCUT2D eigenvalue weighted by atomic mass is 10.3. The first-order valence-electron chi connectivity index (χ1n) is 5.01. The molecule has 0 aliphatic heterocycles. The molecule has 7 nitrogen and oxygen atoms in total. The summed E-state index contributed by atoms with van der Waals surface area (Å²) in [5, 5.41) is 12.3. The maximum Gasteiger partial charge on any atom is 0.303 e. The molecule has 0 saturated heterocycles. The maximum absolute atomic E-state index is 11.9. The van der Waals surface area contributed by atoms with E-state index in [0.717, 1.165) is 4.31 Å². The Bertz CT molecular complexity index is 494. The van der Waals surface area contributed by atoms with Gasteiger partial charge in [-0.3, -0.25) is 9.48 Å². The molecule has 0 spiro atoms. The normalized spacial score (nSPS) is 11.9. The second kappa shape index (κ2) is 5.28. The van der Waals surface area contributed by atoms with Gasteiger partial charge in [0.1, 0.15) is 4.90 Å². The fourth-order valence-electron chi connectivity index (χ4n) is 1.29. The Labute approximate surface area is 99.7 Å². The van der Waals surface area contributed by atoms with Crippen LogP contribution in [0.15, 0.2) is 17.3 Å². The Hall–Kier alpha value is -1.41. The zero-order valence-electron chi connectivity index (χ0n) is 9.70. The molecule has 17 heavy (non-hydrogen) atoms. The minimum absolute atomic E-state index is 0.0487. The lowest BCUT2D eigenvalue weighted by Crippen LogP contribution is -2.28. The Morgan fingerprint density at radius 3 is 2.71 bits per heavy atom. The number of sulfonamides is 1. The minimum atomic E-state index is -3.56. The molecular formula is C9H15N3O4S. The van der Waals surface area contributed by atoms with Crippen LogP contribution in [0.1, 0.15) is 12.8 Å². The molecule has 1 N–H and O–H groups in total. The van der Waals surface area contributed by atoms with Crippen LogP contribution in [-0.2, 0) is 21.9 Å². The number of aromatic nitrogens is 2. The van der Waals surface area contributed by atoms with Gasteiger partial charge in [-0.15, -0.1) is 0 Å². The van der Waals surface area contributed by atoms with Crippen LogP contribution in [0, 0.1) is 0 Å². The summed E-state index contributed by atoms with van der Waals surface area (Å²) in [5.41, 5.74) is 0. The highest BCUT2D eigenvalue weighted by molar-refractivity contribution is 7.89. The lowest BCUT2D eigenvalue weighted by molar-refractivity contribution is -0.137. The van der Waals surface area contributed by atoms with E-state index in [-0.39, 0.29) is 24.3 Å². The standard InChI is InChI=1S/C9H15N3O4S/c1-11-7-8(6-10-11)17(15,16)12(2)5-3-4-9(13)14/h6-7H,3-5H2,1-2H3,(H,13,14). The van der Waals surface area contributed by atoms with Gasteiger partial charge in [0, 0.05) is 33.3 Å². The fraction of sp³-hybridized carbons (Fsp3) is 0.556. The summed E-state index contributed by atoms with van der Waals surface area (Å²) in [7, 11) is -0.510. The van der Waals surface area contributed by atoms with E-state index >= 15 is 0 Å². The molecule has 1 rings (SSSR count). The first kappa shape index (κ1) is 13.7. The van der Waals surface area contributed by atoms with Gasteiger partial charge in [0.15, 0.2) is 0 Å². The maximum atomic E-state index is 11.9. The van der Waals surface area contributed by atoms with Gasteiger partial charge in [-0.2, -0.15) is 5.10 Å².